The molecule has 22 heavy (non-hydrogen) atoms. The van der Waals surface area contributed by atoms with Crippen LogP contribution in [0, 0.1) is 5.92 Å². The molecule has 0 unspecified atom stereocenters. The molecule has 120 valence electrons. The van der Waals surface area contributed by atoms with Gasteiger partial charge in [0.05, 0.1) is 0 Å². The first-order chi connectivity index (χ1) is 10.6. The normalized spacial score (nSPS) is 17.4. The van der Waals surface area contributed by atoms with E-state index in [2.05, 4.69) is 0 Å². The van der Waals surface area contributed by atoms with E-state index in [1.807, 2.05) is 30.3 Å². The monoisotopic (exact) mass is 324 g/mol. The van der Waals surface area contributed by atoms with Gasteiger partial charge in [-0.15, -0.1) is 11.6 Å². The molecule has 0 aliphatic carbocycles. The zero-order valence-electron chi connectivity index (χ0n) is 12.7. The van der Waals surface area contributed by atoms with Gasteiger partial charge in [0.25, 0.3) is 0 Å². The number of carbonyl (C=O) groups excluding carboxylic acids is 2. The minimum absolute atomic E-state index is 0.00789. The maximum absolute atomic E-state index is 12.0. The summed E-state index contributed by atoms with van der Waals surface area (Å²) in [6, 6.07) is 9.60. The van der Waals surface area contributed by atoms with Crippen LogP contribution >= 0.6 is 11.6 Å². The Morgan fingerprint density at radius 2 is 2.09 bits per heavy atom. The first-order valence-corrected chi connectivity index (χ1v) is 7.89. The molecule has 1 aliphatic heterocycles. The number of benzene rings is 1. The van der Waals surface area contributed by atoms with Crippen LogP contribution in [0.5, 0.6) is 0 Å². The first kappa shape index (κ1) is 16.6. The lowest BCUT2D eigenvalue weighted by Crippen LogP contribution is -2.35. The van der Waals surface area contributed by atoms with Gasteiger partial charge >= 0.3 is 6.09 Å². The number of ether oxygens (including phenoxy) is 1. The summed E-state index contributed by atoms with van der Waals surface area (Å²) < 4.78 is 5.32. The SMILES string of the molecule is CN(C[C@@H]1CCN(C(=O)OCc2ccccc2)C1)C(=O)CCl. The smallest absolute Gasteiger partial charge is 0.410 e. The Hall–Kier alpha value is -1.75. The third-order valence-electron chi connectivity index (χ3n) is 3.82. The molecule has 2 amide bonds. The van der Waals surface area contributed by atoms with E-state index in [4.69, 9.17) is 16.3 Å². The van der Waals surface area contributed by atoms with Crippen LogP contribution in [0.1, 0.15) is 12.0 Å². The molecule has 0 bridgehead atoms. The van der Waals surface area contributed by atoms with Crippen LogP contribution in [0.3, 0.4) is 0 Å². The van der Waals surface area contributed by atoms with E-state index in [0.717, 1.165) is 12.0 Å². The fourth-order valence-corrected chi connectivity index (χ4v) is 2.75. The predicted octanol–water partition coefficient (Wildman–Crippen LogP) is 2.34. The standard InChI is InChI=1S/C16H21ClN2O3/c1-18(15(20)9-17)10-14-7-8-19(11-14)16(21)22-12-13-5-3-2-4-6-13/h2-6,14H,7-12H2,1H3/t14-/m0/s1. The molecule has 2 rings (SSSR count). The minimum atomic E-state index is -0.294. The topological polar surface area (TPSA) is 49.9 Å². The van der Waals surface area contributed by atoms with E-state index in [1.165, 1.54) is 0 Å². The van der Waals surface area contributed by atoms with E-state index in [0.29, 0.717) is 19.6 Å². The molecular weight excluding hydrogens is 304 g/mol. The van der Waals surface area contributed by atoms with Crippen molar-refractivity contribution in [1.29, 1.82) is 0 Å². The van der Waals surface area contributed by atoms with E-state index in [9.17, 15) is 9.59 Å². The Bertz CT molecular complexity index is 509. The van der Waals surface area contributed by atoms with Gasteiger partial charge in [-0.2, -0.15) is 0 Å². The second kappa shape index (κ2) is 8.03. The van der Waals surface area contributed by atoms with Crippen molar-refractivity contribution in [2.24, 2.45) is 5.92 Å². The molecular formula is C16H21ClN2O3. The van der Waals surface area contributed by atoms with Crippen LogP contribution in [0.15, 0.2) is 30.3 Å². The van der Waals surface area contributed by atoms with Crippen molar-refractivity contribution in [1.82, 2.24) is 9.80 Å². The van der Waals surface area contributed by atoms with Crippen LogP contribution in [-0.4, -0.2) is 54.4 Å². The Morgan fingerprint density at radius 3 is 2.77 bits per heavy atom. The highest BCUT2D eigenvalue weighted by molar-refractivity contribution is 6.27. The maximum Gasteiger partial charge on any atom is 0.410 e. The van der Waals surface area contributed by atoms with Crippen molar-refractivity contribution in [2.75, 3.05) is 32.6 Å². The van der Waals surface area contributed by atoms with Crippen LogP contribution in [0.2, 0.25) is 0 Å². The van der Waals surface area contributed by atoms with Gasteiger partial charge in [-0.25, -0.2) is 4.79 Å². The van der Waals surface area contributed by atoms with E-state index >= 15 is 0 Å². The average Bonchev–Trinajstić information content (AvgIpc) is 3.01. The molecule has 1 atom stereocenters. The molecule has 1 heterocycles. The number of carbonyl (C=O) groups is 2. The summed E-state index contributed by atoms with van der Waals surface area (Å²) in [7, 11) is 1.74. The van der Waals surface area contributed by atoms with Crippen LogP contribution < -0.4 is 0 Å². The van der Waals surface area contributed by atoms with Crippen molar-refractivity contribution in [3.05, 3.63) is 35.9 Å². The summed E-state index contributed by atoms with van der Waals surface area (Å²) in [5.41, 5.74) is 0.971. The second-order valence-corrected chi connectivity index (χ2v) is 5.82. The fraction of sp³-hybridized carbons (Fsp3) is 0.500. The molecule has 0 spiro atoms. The van der Waals surface area contributed by atoms with Crippen molar-refractivity contribution in [2.45, 2.75) is 13.0 Å². The van der Waals surface area contributed by atoms with Gasteiger partial charge in [-0.05, 0) is 17.9 Å². The molecule has 5 nitrogen and oxygen atoms in total. The average molecular weight is 325 g/mol. The van der Waals surface area contributed by atoms with E-state index < -0.39 is 0 Å². The lowest BCUT2D eigenvalue weighted by atomic mass is 10.1. The third kappa shape index (κ3) is 4.63. The molecule has 1 aliphatic rings. The van der Waals surface area contributed by atoms with E-state index in [-0.39, 0.29) is 30.4 Å². The number of rotatable bonds is 5. The lowest BCUT2D eigenvalue weighted by Gasteiger charge is -2.21. The van der Waals surface area contributed by atoms with Gasteiger partial charge in [0, 0.05) is 26.7 Å². The van der Waals surface area contributed by atoms with Gasteiger partial charge in [-0.3, -0.25) is 4.79 Å². The lowest BCUT2D eigenvalue weighted by molar-refractivity contribution is -0.127. The summed E-state index contributed by atoms with van der Waals surface area (Å²) >= 11 is 5.54. The summed E-state index contributed by atoms with van der Waals surface area (Å²) in [4.78, 5) is 26.8. The number of nitrogens with zero attached hydrogens (tertiary/aromatic N) is 2. The Kier molecular flexibility index (Phi) is 6.07. The number of halogens is 1. The molecule has 0 aromatic heterocycles. The molecule has 0 N–H and O–H groups in total. The minimum Gasteiger partial charge on any atom is -0.445 e. The molecule has 1 aromatic carbocycles. The predicted molar refractivity (Wildman–Crippen MR) is 84.7 cm³/mol. The number of hydrogen-bond acceptors (Lipinski definition) is 3. The highest BCUT2D eigenvalue weighted by atomic mass is 35.5. The first-order valence-electron chi connectivity index (χ1n) is 7.35. The third-order valence-corrected chi connectivity index (χ3v) is 4.05. The zero-order chi connectivity index (χ0) is 15.9. The van der Waals surface area contributed by atoms with Crippen LogP contribution in [0.4, 0.5) is 4.79 Å². The largest absolute Gasteiger partial charge is 0.445 e. The Morgan fingerprint density at radius 1 is 1.36 bits per heavy atom. The number of amides is 2. The van der Waals surface area contributed by atoms with Gasteiger partial charge < -0.3 is 14.5 Å². The molecule has 0 saturated carbocycles. The summed E-state index contributed by atoms with van der Waals surface area (Å²) in [5.74, 6) is 0.180. The zero-order valence-corrected chi connectivity index (χ0v) is 13.5. The van der Waals surface area contributed by atoms with Gasteiger partial charge in [0.1, 0.15) is 12.5 Å². The van der Waals surface area contributed by atoms with Crippen molar-refractivity contribution in [3.8, 4) is 0 Å². The highest BCUT2D eigenvalue weighted by Gasteiger charge is 2.28. The Balaban J connectivity index is 1.75. The second-order valence-electron chi connectivity index (χ2n) is 5.55. The van der Waals surface area contributed by atoms with Gasteiger partial charge in [-0.1, -0.05) is 30.3 Å². The van der Waals surface area contributed by atoms with Gasteiger partial charge in [0.2, 0.25) is 5.91 Å². The quantitative estimate of drug-likeness (QED) is 0.781. The van der Waals surface area contributed by atoms with Crippen LogP contribution in [-0.2, 0) is 16.1 Å². The summed E-state index contributed by atoms with van der Waals surface area (Å²) in [6.07, 6.45) is 0.582. The molecule has 1 fully saturated rings. The fourth-order valence-electron chi connectivity index (χ4n) is 2.55. The summed E-state index contributed by atoms with van der Waals surface area (Å²) in [5, 5.41) is 0. The molecule has 6 heteroatoms. The number of hydrogen-bond donors (Lipinski definition) is 0. The van der Waals surface area contributed by atoms with Crippen molar-refractivity contribution < 1.29 is 14.3 Å². The molecule has 0 radical (unpaired) electrons. The number of likely N-dealkylation sites (tertiary alicyclic amines) is 1. The highest BCUT2D eigenvalue weighted by Crippen LogP contribution is 2.18. The summed E-state index contributed by atoms with van der Waals surface area (Å²) in [6.45, 7) is 2.19. The van der Waals surface area contributed by atoms with Crippen molar-refractivity contribution >= 4 is 23.6 Å². The van der Waals surface area contributed by atoms with E-state index in [1.54, 1.807) is 16.8 Å². The van der Waals surface area contributed by atoms with Crippen molar-refractivity contribution in [3.63, 3.8) is 0 Å². The number of alkyl halides is 1. The van der Waals surface area contributed by atoms with Gasteiger partial charge in [0.15, 0.2) is 0 Å². The van der Waals surface area contributed by atoms with Crippen LogP contribution in [0.25, 0.3) is 0 Å². The maximum atomic E-state index is 12.0. The molecule has 1 saturated heterocycles. The Labute approximate surface area is 135 Å². The molecule has 1 aromatic rings.